The molecule has 0 saturated carbocycles. The number of rotatable bonds is 73. The van der Waals surface area contributed by atoms with Crippen LogP contribution in [0.5, 0.6) is 0 Å². The number of phosphoric ester groups is 1. The highest BCUT2D eigenvalue weighted by atomic mass is 31.2. The van der Waals surface area contributed by atoms with Gasteiger partial charge < -0.3 is 18.9 Å². The van der Waals surface area contributed by atoms with Crippen LogP contribution in [0, 0.1) is 0 Å². The lowest BCUT2D eigenvalue weighted by atomic mass is 10.0. The molecule has 0 amide bonds. The smallest absolute Gasteiger partial charge is 0.462 e. The van der Waals surface area contributed by atoms with E-state index in [0.717, 1.165) is 83.5 Å². The number of phosphoric acid groups is 1. The van der Waals surface area contributed by atoms with Gasteiger partial charge in [-0.15, -0.1) is 0 Å². The average Bonchev–Trinajstić information content (AvgIpc) is 2.14. The van der Waals surface area contributed by atoms with Crippen molar-refractivity contribution in [1.82, 2.24) is 0 Å². The molecule has 0 radical (unpaired) electrons. The lowest BCUT2D eigenvalue weighted by Gasteiger charge is -2.24. The Labute approximate surface area is 571 Å². The molecular formula is C82H151NO8P+. The summed E-state index contributed by atoms with van der Waals surface area (Å²) in [6.07, 6.45) is 100. The number of carbonyl (C=O) groups excluding carboxylic acids is 2. The van der Waals surface area contributed by atoms with E-state index in [0.29, 0.717) is 23.9 Å². The van der Waals surface area contributed by atoms with E-state index in [1.54, 1.807) is 0 Å². The fourth-order valence-electron chi connectivity index (χ4n) is 11.5. The number of hydrogen-bond donors (Lipinski definition) is 1. The highest BCUT2D eigenvalue weighted by Crippen LogP contribution is 2.43. The minimum atomic E-state index is -4.40. The highest BCUT2D eigenvalue weighted by molar-refractivity contribution is 7.47. The van der Waals surface area contributed by atoms with Crippen LogP contribution in [0.4, 0.5) is 0 Å². The fourth-order valence-corrected chi connectivity index (χ4v) is 12.2. The van der Waals surface area contributed by atoms with E-state index < -0.39 is 26.5 Å². The molecule has 0 aliphatic rings. The Bertz CT molecular complexity index is 1830. The van der Waals surface area contributed by atoms with E-state index in [4.69, 9.17) is 18.5 Å². The lowest BCUT2D eigenvalue weighted by Crippen LogP contribution is -2.37. The van der Waals surface area contributed by atoms with Crippen LogP contribution in [0.1, 0.15) is 373 Å². The molecule has 1 N–H and O–H groups in total. The van der Waals surface area contributed by atoms with Gasteiger partial charge in [-0.2, -0.15) is 0 Å². The van der Waals surface area contributed by atoms with Gasteiger partial charge in [0.25, 0.3) is 0 Å². The Balaban J connectivity index is 3.97. The number of unbranched alkanes of at least 4 members (excludes halogenated alkanes) is 45. The van der Waals surface area contributed by atoms with E-state index in [9.17, 15) is 19.0 Å². The minimum Gasteiger partial charge on any atom is -0.462 e. The van der Waals surface area contributed by atoms with Gasteiger partial charge in [0.2, 0.25) is 0 Å². The van der Waals surface area contributed by atoms with E-state index in [-0.39, 0.29) is 25.6 Å². The SMILES string of the molecule is CC/C=C\C/C=C\C/C=C\C/C=C\C/C=C\C/C=C\C/C=C\CCCCCCCCCCCCCCCC(=O)OC(COC(=O)CCCCCCCCCCCCCCCCCCCCCCCCCCCCCCCCCCC)COP(=O)(O)OCC[N+](C)(C)C. The van der Waals surface area contributed by atoms with Crippen molar-refractivity contribution in [3.8, 4) is 0 Å². The van der Waals surface area contributed by atoms with Crippen LogP contribution in [0.25, 0.3) is 0 Å². The Kier molecular flexibility index (Phi) is 70.2. The largest absolute Gasteiger partial charge is 0.472 e. The third-order valence-electron chi connectivity index (χ3n) is 17.4. The van der Waals surface area contributed by atoms with Crippen LogP contribution in [-0.4, -0.2) is 74.9 Å². The molecular weight excluding hydrogens is 1160 g/mol. The summed E-state index contributed by atoms with van der Waals surface area (Å²) < 4.78 is 34.8. The topological polar surface area (TPSA) is 108 Å². The third-order valence-corrected chi connectivity index (χ3v) is 18.4. The van der Waals surface area contributed by atoms with E-state index in [1.807, 2.05) is 21.1 Å². The first-order chi connectivity index (χ1) is 45.0. The maximum Gasteiger partial charge on any atom is 0.472 e. The van der Waals surface area contributed by atoms with Gasteiger partial charge in [0.1, 0.15) is 19.8 Å². The summed E-state index contributed by atoms with van der Waals surface area (Å²) in [7, 11) is 1.49. The molecule has 0 heterocycles. The first-order valence-electron chi connectivity index (χ1n) is 39.3. The first-order valence-corrected chi connectivity index (χ1v) is 40.8. The molecule has 2 unspecified atom stereocenters. The number of likely N-dealkylation sites (N-methyl/N-ethyl adjacent to an activating group) is 1. The number of quaternary nitrogens is 1. The molecule has 2 atom stereocenters. The Morgan fingerprint density at radius 2 is 0.620 bits per heavy atom. The van der Waals surface area contributed by atoms with Crippen molar-refractivity contribution in [3.63, 3.8) is 0 Å². The summed E-state index contributed by atoms with van der Waals surface area (Å²) in [5.74, 6) is -0.783. The maximum atomic E-state index is 12.9. The number of ether oxygens (including phenoxy) is 2. The van der Waals surface area contributed by atoms with Crippen LogP contribution in [0.15, 0.2) is 85.1 Å². The zero-order valence-electron chi connectivity index (χ0n) is 61.3. The van der Waals surface area contributed by atoms with Crippen molar-refractivity contribution < 1.29 is 42.1 Å². The van der Waals surface area contributed by atoms with Crippen LogP contribution in [0.2, 0.25) is 0 Å². The normalized spacial score (nSPS) is 13.5. The van der Waals surface area contributed by atoms with E-state index in [1.165, 1.54) is 257 Å². The third kappa shape index (κ3) is 76.2. The van der Waals surface area contributed by atoms with Gasteiger partial charge in [0, 0.05) is 12.8 Å². The predicted octanol–water partition coefficient (Wildman–Crippen LogP) is 26.1. The van der Waals surface area contributed by atoms with Crippen LogP contribution >= 0.6 is 7.82 Å². The van der Waals surface area contributed by atoms with E-state index >= 15 is 0 Å². The van der Waals surface area contributed by atoms with Gasteiger partial charge in [0.05, 0.1) is 27.7 Å². The van der Waals surface area contributed by atoms with Crippen LogP contribution in [0.3, 0.4) is 0 Å². The number of esters is 2. The van der Waals surface area contributed by atoms with E-state index in [2.05, 4.69) is 98.9 Å². The molecule has 0 spiro atoms. The molecule has 10 heteroatoms. The zero-order valence-corrected chi connectivity index (χ0v) is 62.2. The number of carbonyl (C=O) groups is 2. The molecule has 536 valence electrons. The summed E-state index contributed by atoms with van der Waals surface area (Å²) in [4.78, 5) is 36.0. The van der Waals surface area contributed by atoms with Crippen molar-refractivity contribution in [2.75, 3.05) is 47.5 Å². The molecule has 0 aromatic carbocycles. The summed E-state index contributed by atoms with van der Waals surface area (Å²) in [5.41, 5.74) is 0. The Hall–Kier alpha value is -2.81. The molecule has 0 aromatic rings. The second-order valence-corrected chi connectivity index (χ2v) is 29.2. The van der Waals surface area contributed by atoms with Gasteiger partial charge in [-0.25, -0.2) is 4.57 Å². The number of hydrogen-bond acceptors (Lipinski definition) is 7. The molecule has 0 aromatic heterocycles. The van der Waals surface area contributed by atoms with Gasteiger partial charge in [-0.05, 0) is 70.6 Å². The zero-order chi connectivity index (χ0) is 66.9. The second kappa shape index (κ2) is 72.5. The van der Waals surface area contributed by atoms with Crippen molar-refractivity contribution in [2.24, 2.45) is 0 Å². The molecule has 0 saturated heterocycles. The summed E-state index contributed by atoms with van der Waals surface area (Å²) in [6, 6.07) is 0. The number of nitrogens with zero attached hydrogens (tertiary/aromatic N) is 1. The van der Waals surface area contributed by atoms with Gasteiger partial charge in [-0.1, -0.05) is 375 Å². The van der Waals surface area contributed by atoms with Crippen molar-refractivity contribution in [3.05, 3.63) is 85.1 Å². The second-order valence-electron chi connectivity index (χ2n) is 27.7. The Morgan fingerprint density at radius 1 is 0.348 bits per heavy atom. The fraction of sp³-hybridized carbons (Fsp3) is 0.805. The highest BCUT2D eigenvalue weighted by Gasteiger charge is 2.27. The first kappa shape index (κ1) is 89.2. The maximum absolute atomic E-state index is 12.9. The van der Waals surface area contributed by atoms with Gasteiger partial charge >= 0.3 is 19.8 Å². The Morgan fingerprint density at radius 3 is 0.924 bits per heavy atom. The average molecular weight is 1310 g/mol. The molecule has 0 rings (SSSR count). The minimum absolute atomic E-state index is 0.0310. The van der Waals surface area contributed by atoms with Crippen molar-refractivity contribution in [2.45, 2.75) is 380 Å². The quantitative estimate of drug-likeness (QED) is 0.0211. The van der Waals surface area contributed by atoms with Gasteiger partial charge in [0.15, 0.2) is 6.10 Å². The summed E-state index contributed by atoms with van der Waals surface area (Å²) in [5, 5.41) is 0. The molecule has 0 bridgehead atoms. The van der Waals surface area contributed by atoms with Crippen molar-refractivity contribution >= 4 is 19.8 Å². The van der Waals surface area contributed by atoms with Crippen LogP contribution in [-0.2, 0) is 32.7 Å². The van der Waals surface area contributed by atoms with Gasteiger partial charge in [-0.3, -0.25) is 18.6 Å². The van der Waals surface area contributed by atoms with Crippen LogP contribution < -0.4 is 0 Å². The molecule has 0 aliphatic heterocycles. The standard InChI is InChI=1S/C82H150NO8P/c1-6-8-10-12-14-16-18-20-22-24-26-28-30-32-34-36-38-40-41-43-45-47-49-51-53-55-57-59-61-63-65-67-69-71-73-75-82(85)91-80(79-90-92(86,87)89-77-76-83(3,4)5)78-88-81(84)74-72-70-68-66-64-62-60-58-56-54-52-50-48-46-44-42-39-37-35-33-31-29-27-25-23-21-19-17-15-13-11-9-7-2/h8,10,14,16,20,22,26,28,32,34,38,40,43,45,80H,6-7,9,11-13,15,17-19,21,23-25,27,29-31,33,35-37,39,41-42,44,46-79H2,1-5H3/p+1/b10-8-,16-14-,22-20-,28-26-,34-32-,40-38-,45-43-. The monoisotopic (exact) mass is 1310 g/mol. The summed E-state index contributed by atoms with van der Waals surface area (Å²) in [6.45, 7) is 4.38. The van der Waals surface area contributed by atoms with Crippen molar-refractivity contribution in [1.29, 1.82) is 0 Å². The number of allylic oxidation sites excluding steroid dienone is 14. The molecule has 9 nitrogen and oxygen atoms in total. The molecule has 92 heavy (non-hydrogen) atoms. The lowest BCUT2D eigenvalue weighted by molar-refractivity contribution is -0.870. The molecule has 0 fully saturated rings. The molecule has 0 aliphatic carbocycles. The predicted molar refractivity (Wildman–Crippen MR) is 399 cm³/mol. The summed E-state index contributed by atoms with van der Waals surface area (Å²) >= 11 is 0.